The number of amides is 1. The summed E-state index contributed by atoms with van der Waals surface area (Å²) in [6.07, 6.45) is 62.7. The second kappa shape index (κ2) is 50.5. The fraction of sp³-hybridized carbons (Fsp3) is 0.818. The highest BCUT2D eigenvalue weighted by Gasteiger charge is 2.18. The molecule has 0 bridgehead atoms. The van der Waals surface area contributed by atoms with E-state index in [-0.39, 0.29) is 18.5 Å². The number of nitrogens with one attached hydrogen (secondary N) is 1. The fourth-order valence-corrected chi connectivity index (χ4v) is 7.71. The van der Waals surface area contributed by atoms with Gasteiger partial charge in [-0.25, -0.2) is 0 Å². The molecule has 0 aliphatic rings. The van der Waals surface area contributed by atoms with Crippen molar-refractivity contribution in [3.05, 3.63) is 48.6 Å². The van der Waals surface area contributed by atoms with Gasteiger partial charge in [0.2, 0.25) is 5.91 Å². The highest BCUT2D eigenvalue weighted by Crippen LogP contribution is 2.14. The molecule has 6 nitrogen and oxygen atoms in total. The van der Waals surface area contributed by atoms with E-state index in [0.29, 0.717) is 19.4 Å². The Morgan fingerprint density at radius 2 is 0.820 bits per heavy atom. The molecule has 0 aliphatic carbocycles. The van der Waals surface area contributed by atoms with E-state index in [1.807, 2.05) is 6.08 Å². The quantitative estimate of drug-likeness (QED) is 0.0322. The molecule has 0 aliphatic heterocycles. The summed E-state index contributed by atoms with van der Waals surface area (Å²) < 4.78 is 5.47. The topological polar surface area (TPSA) is 95.9 Å². The van der Waals surface area contributed by atoms with Gasteiger partial charge in [-0.2, -0.15) is 0 Å². The van der Waals surface area contributed by atoms with Crippen LogP contribution in [0.3, 0.4) is 0 Å². The standard InChI is InChI=1S/C55H101NO5/c1-3-5-7-9-11-13-14-15-16-19-23-26-29-33-37-41-45-49-55(60)61-50-46-42-38-34-30-27-24-21-18-17-20-22-25-28-32-36-40-44-48-54(59)56-52(51-57)53(58)47-43-39-35-31-12-10-8-6-4-2/h11,13,15-16,20,22,43,47,52-53,57-58H,3-10,12,14,17-19,21,23-42,44-46,48-51H2,1-2H3,(H,56,59)/b13-11-,16-15-,22-20-,47-43+. The molecule has 0 aromatic carbocycles. The number of aliphatic hydroxyl groups excluding tert-OH is 2. The molecule has 0 rings (SSSR count). The van der Waals surface area contributed by atoms with Crippen LogP contribution in [0.5, 0.6) is 0 Å². The first-order valence-electron chi connectivity index (χ1n) is 26.4. The van der Waals surface area contributed by atoms with Gasteiger partial charge in [0.05, 0.1) is 25.4 Å². The van der Waals surface area contributed by atoms with Gasteiger partial charge in [-0.1, -0.05) is 210 Å². The van der Waals surface area contributed by atoms with E-state index in [4.69, 9.17) is 4.74 Å². The molecule has 0 aromatic rings. The molecular formula is C55H101NO5. The molecule has 0 heterocycles. The van der Waals surface area contributed by atoms with Crippen molar-refractivity contribution in [1.29, 1.82) is 0 Å². The van der Waals surface area contributed by atoms with Gasteiger partial charge in [-0.05, 0) is 89.9 Å². The Morgan fingerprint density at radius 3 is 1.30 bits per heavy atom. The third kappa shape index (κ3) is 47.1. The van der Waals surface area contributed by atoms with Crippen LogP contribution in [-0.4, -0.2) is 47.4 Å². The van der Waals surface area contributed by atoms with Crippen molar-refractivity contribution in [2.45, 2.75) is 276 Å². The van der Waals surface area contributed by atoms with Crippen LogP contribution in [-0.2, 0) is 14.3 Å². The predicted molar refractivity (Wildman–Crippen MR) is 264 cm³/mol. The first kappa shape index (κ1) is 58.8. The minimum atomic E-state index is -0.851. The summed E-state index contributed by atoms with van der Waals surface area (Å²) in [5.41, 5.74) is 0. The Bertz CT molecular complexity index is 1040. The number of ether oxygens (including phenoxy) is 1. The smallest absolute Gasteiger partial charge is 0.305 e. The average molecular weight is 856 g/mol. The van der Waals surface area contributed by atoms with Crippen molar-refractivity contribution in [1.82, 2.24) is 5.32 Å². The number of carbonyl (C=O) groups is 2. The minimum absolute atomic E-state index is 0.00679. The number of hydrogen-bond donors (Lipinski definition) is 3. The van der Waals surface area contributed by atoms with E-state index in [9.17, 15) is 19.8 Å². The van der Waals surface area contributed by atoms with E-state index in [1.165, 1.54) is 167 Å². The van der Waals surface area contributed by atoms with Gasteiger partial charge in [0, 0.05) is 12.8 Å². The lowest BCUT2D eigenvalue weighted by Crippen LogP contribution is -2.45. The Labute approximate surface area is 378 Å². The third-order valence-corrected chi connectivity index (χ3v) is 11.8. The molecule has 6 heteroatoms. The molecule has 0 saturated heterocycles. The number of allylic oxidation sites excluding steroid dienone is 7. The molecular weight excluding hydrogens is 755 g/mol. The van der Waals surface area contributed by atoms with Crippen LogP contribution < -0.4 is 5.32 Å². The maximum atomic E-state index is 12.4. The zero-order chi connectivity index (χ0) is 44.4. The number of hydrogen-bond acceptors (Lipinski definition) is 5. The molecule has 0 saturated carbocycles. The fourth-order valence-electron chi connectivity index (χ4n) is 7.71. The van der Waals surface area contributed by atoms with Crippen LogP contribution in [0.4, 0.5) is 0 Å². The molecule has 0 aromatic heterocycles. The molecule has 2 atom stereocenters. The number of carbonyl (C=O) groups excluding carboxylic acids is 2. The van der Waals surface area contributed by atoms with E-state index in [2.05, 4.69) is 55.6 Å². The molecule has 0 radical (unpaired) electrons. The number of aliphatic hydroxyl groups is 2. The highest BCUT2D eigenvalue weighted by atomic mass is 16.5. The summed E-state index contributed by atoms with van der Waals surface area (Å²) in [6, 6.07) is -0.636. The van der Waals surface area contributed by atoms with Gasteiger partial charge in [-0.3, -0.25) is 9.59 Å². The first-order valence-corrected chi connectivity index (χ1v) is 26.4. The molecule has 0 fully saturated rings. The summed E-state index contributed by atoms with van der Waals surface area (Å²) >= 11 is 0. The summed E-state index contributed by atoms with van der Waals surface area (Å²) in [4.78, 5) is 24.4. The van der Waals surface area contributed by atoms with Crippen molar-refractivity contribution in [3.63, 3.8) is 0 Å². The van der Waals surface area contributed by atoms with Gasteiger partial charge in [0.25, 0.3) is 0 Å². The maximum absolute atomic E-state index is 12.4. The highest BCUT2D eigenvalue weighted by molar-refractivity contribution is 5.76. The van der Waals surface area contributed by atoms with Gasteiger partial charge in [0.1, 0.15) is 0 Å². The van der Waals surface area contributed by atoms with E-state index >= 15 is 0 Å². The summed E-state index contributed by atoms with van der Waals surface area (Å²) in [7, 11) is 0. The Morgan fingerprint density at radius 1 is 0.459 bits per heavy atom. The second-order valence-corrected chi connectivity index (χ2v) is 17.8. The average Bonchev–Trinajstić information content (AvgIpc) is 3.26. The molecule has 2 unspecified atom stereocenters. The first-order chi connectivity index (χ1) is 30.0. The minimum Gasteiger partial charge on any atom is -0.466 e. The van der Waals surface area contributed by atoms with E-state index < -0.39 is 12.1 Å². The molecule has 1 amide bonds. The molecule has 61 heavy (non-hydrogen) atoms. The van der Waals surface area contributed by atoms with Crippen molar-refractivity contribution in [3.8, 4) is 0 Å². The lowest BCUT2D eigenvalue weighted by atomic mass is 10.1. The molecule has 0 spiro atoms. The Hall–Kier alpha value is -2.18. The normalized spacial score (nSPS) is 13.0. The van der Waals surface area contributed by atoms with Crippen molar-refractivity contribution < 1.29 is 24.5 Å². The number of esters is 1. The van der Waals surface area contributed by atoms with Gasteiger partial charge >= 0.3 is 5.97 Å². The third-order valence-electron chi connectivity index (χ3n) is 11.8. The van der Waals surface area contributed by atoms with Crippen LogP contribution in [0, 0.1) is 0 Å². The lowest BCUT2D eigenvalue weighted by Gasteiger charge is -2.20. The summed E-state index contributed by atoms with van der Waals surface area (Å²) in [5.74, 6) is -0.0934. The van der Waals surface area contributed by atoms with E-state index in [1.54, 1.807) is 6.08 Å². The van der Waals surface area contributed by atoms with Crippen LogP contribution in [0.15, 0.2) is 48.6 Å². The largest absolute Gasteiger partial charge is 0.466 e. The van der Waals surface area contributed by atoms with Crippen LogP contribution in [0.2, 0.25) is 0 Å². The summed E-state index contributed by atoms with van der Waals surface area (Å²) in [6.45, 7) is 4.82. The lowest BCUT2D eigenvalue weighted by molar-refractivity contribution is -0.143. The van der Waals surface area contributed by atoms with Crippen molar-refractivity contribution >= 4 is 11.9 Å². The number of unbranched alkanes of at least 4 members (excludes halogenated alkanes) is 31. The SMILES string of the molecule is CCCCC/C=C\C/C=C\CCCCCCCCCC(=O)OCCCCCCCCCCC/C=C\CCCCCCCC(=O)NC(CO)C(O)/C=C/CCCCCCCCC. The monoisotopic (exact) mass is 856 g/mol. The van der Waals surface area contributed by atoms with E-state index in [0.717, 1.165) is 70.6 Å². The van der Waals surface area contributed by atoms with Gasteiger partial charge < -0.3 is 20.3 Å². The van der Waals surface area contributed by atoms with Gasteiger partial charge in [-0.15, -0.1) is 0 Å². The zero-order valence-electron chi connectivity index (χ0n) is 40.4. The van der Waals surface area contributed by atoms with Crippen molar-refractivity contribution in [2.75, 3.05) is 13.2 Å². The summed E-state index contributed by atoms with van der Waals surface area (Å²) in [5, 5.41) is 22.9. The Kier molecular flexibility index (Phi) is 48.7. The van der Waals surface area contributed by atoms with Gasteiger partial charge in [0.15, 0.2) is 0 Å². The molecule has 356 valence electrons. The second-order valence-electron chi connectivity index (χ2n) is 17.8. The van der Waals surface area contributed by atoms with Crippen LogP contribution in [0.1, 0.15) is 264 Å². The van der Waals surface area contributed by atoms with Crippen molar-refractivity contribution in [2.24, 2.45) is 0 Å². The molecule has 3 N–H and O–H groups in total. The number of rotatable bonds is 48. The maximum Gasteiger partial charge on any atom is 0.305 e. The van der Waals surface area contributed by atoms with Crippen LogP contribution >= 0.6 is 0 Å². The predicted octanol–water partition coefficient (Wildman–Crippen LogP) is 15.8. The zero-order valence-corrected chi connectivity index (χ0v) is 40.4. The van der Waals surface area contributed by atoms with Crippen LogP contribution in [0.25, 0.3) is 0 Å². The Balaban J connectivity index is 3.45.